The lowest BCUT2D eigenvalue weighted by Gasteiger charge is -2.34. The van der Waals surface area contributed by atoms with Gasteiger partial charge in [-0.25, -0.2) is 19.8 Å². The van der Waals surface area contributed by atoms with Crippen LogP contribution in [-0.2, 0) is 4.79 Å². The average Bonchev–Trinajstić information content (AvgIpc) is 3.35. The molecule has 0 spiro atoms. The number of oxazole rings is 1. The molecule has 2 aliphatic rings. The number of hydrazine groups is 1. The maximum absolute atomic E-state index is 13.9. The highest BCUT2D eigenvalue weighted by molar-refractivity contribution is 6.20. The fraction of sp³-hybridized carbons (Fsp3) is 0.273. The van der Waals surface area contributed by atoms with Crippen molar-refractivity contribution in [3.05, 3.63) is 65.4 Å². The summed E-state index contributed by atoms with van der Waals surface area (Å²) in [6.07, 6.45) is -5.80. The first-order valence-electron chi connectivity index (χ1n) is 10.0. The van der Waals surface area contributed by atoms with Crippen LogP contribution in [0.15, 0.2) is 52.6 Å². The Morgan fingerprint density at radius 2 is 1.94 bits per heavy atom. The summed E-state index contributed by atoms with van der Waals surface area (Å²) in [5.74, 6) is -2.32. The SMILES string of the molecule is COc1cccc2oc(C3=C(C)NC4C(c5cccc(F)c5)C(C(F)(F)F)NN4C3=O)nc12. The number of benzene rings is 2. The predicted molar refractivity (Wildman–Crippen MR) is 109 cm³/mol. The van der Waals surface area contributed by atoms with E-state index < -0.39 is 36.0 Å². The standard InChI is InChI=1S/C22H18F4N4O3/c1-10-15(20-28-17-13(32-2)7-4-8-14(17)33-20)21(31)30-19(27-10)16(18(29-30)22(24,25)26)11-5-3-6-12(23)9-11/h3-9,16,18-19,27,29H,1-2H3. The number of amides is 1. The zero-order valence-electron chi connectivity index (χ0n) is 17.4. The monoisotopic (exact) mass is 462 g/mol. The van der Waals surface area contributed by atoms with Gasteiger partial charge in [0.1, 0.15) is 29.3 Å². The molecule has 3 heterocycles. The van der Waals surface area contributed by atoms with Gasteiger partial charge >= 0.3 is 6.18 Å². The first-order chi connectivity index (χ1) is 15.7. The van der Waals surface area contributed by atoms with Crippen molar-refractivity contribution in [3.63, 3.8) is 0 Å². The van der Waals surface area contributed by atoms with E-state index >= 15 is 0 Å². The number of fused-ring (bicyclic) bond motifs is 2. The topological polar surface area (TPSA) is 79.6 Å². The third-order valence-electron chi connectivity index (χ3n) is 5.83. The largest absolute Gasteiger partial charge is 0.494 e. The number of hydrogen-bond donors (Lipinski definition) is 2. The minimum Gasteiger partial charge on any atom is -0.494 e. The lowest BCUT2D eigenvalue weighted by Crippen LogP contribution is -2.54. The number of hydrogen-bond acceptors (Lipinski definition) is 6. The van der Waals surface area contributed by atoms with Crippen molar-refractivity contribution >= 4 is 22.6 Å². The lowest BCUT2D eigenvalue weighted by atomic mass is 9.89. The second-order valence-electron chi connectivity index (χ2n) is 7.82. The molecule has 0 radical (unpaired) electrons. The number of alkyl halides is 3. The highest BCUT2D eigenvalue weighted by atomic mass is 19.4. The summed E-state index contributed by atoms with van der Waals surface area (Å²) in [5.41, 5.74) is 3.40. The maximum atomic E-state index is 13.9. The number of nitrogens with zero attached hydrogens (tertiary/aromatic N) is 2. The Hall–Kier alpha value is -3.60. The fourth-order valence-corrected chi connectivity index (χ4v) is 4.38. The van der Waals surface area contributed by atoms with Crippen LogP contribution >= 0.6 is 0 Å². The summed E-state index contributed by atoms with van der Waals surface area (Å²) in [6.45, 7) is 1.56. The number of carbonyl (C=O) groups excluding carboxylic acids is 1. The number of halogens is 4. The predicted octanol–water partition coefficient (Wildman–Crippen LogP) is 3.70. The van der Waals surface area contributed by atoms with Crippen molar-refractivity contribution in [1.82, 2.24) is 20.7 Å². The van der Waals surface area contributed by atoms with Gasteiger partial charge in [-0.1, -0.05) is 18.2 Å². The van der Waals surface area contributed by atoms with Crippen LogP contribution < -0.4 is 15.5 Å². The van der Waals surface area contributed by atoms with Gasteiger partial charge in [-0.2, -0.15) is 13.2 Å². The minimum atomic E-state index is -4.70. The van der Waals surface area contributed by atoms with Crippen LogP contribution in [0.4, 0.5) is 17.6 Å². The van der Waals surface area contributed by atoms with E-state index in [9.17, 15) is 22.4 Å². The molecular weight excluding hydrogens is 444 g/mol. The summed E-state index contributed by atoms with van der Waals surface area (Å²) in [7, 11) is 1.46. The second-order valence-corrected chi connectivity index (χ2v) is 7.82. The molecule has 11 heteroatoms. The molecule has 1 fully saturated rings. The normalized spacial score (nSPS) is 23.2. The summed E-state index contributed by atoms with van der Waals surface area (Å²) in [4.78, 5) is 17.7. The smallest absolute Gasteiger partial charge is 0.406 e. The molecule has 33 heavy (non-hydrogen) atoms. The Morgan fingerprint density at radius 3 is 2.64 bits per heavy atom. The van der Waals surface area contributed by atoms with Crippen molar-refractivity contribution in [3.8, 4) is 5.75 Å². The molecule has 0 bridgehead atoms. The Morgan fingerprint density at radius 1 is 1.18 bits per heavy atom. The van der Waals surface area contributed by atoms with Crippen molar-refractivity contribution in [1.29, 1.82) is 0 Å². The van der Waals surface area contributed by atoms with Gasteiger partial charge in [-0.3, -0.25) is 4.79 Å². The molecule has 0 saturated carbocycles. The molecule has 172 valence electrons. The van der Waals surface area contributed by atoms with Gasteiger partial charge in [-0.15, -0.1) is 0 Å². The van der Waals surface area contributed by atoms with E-state index in [1.54, 1.807) is 25.1 Å². The molecule has 1 amide bonds. The van der Waals surface area contributed by atoms with Gasteiger partial charge in [0.15, 0.2) is 11.1 Å². The quantitative estimate of drug-likeness (QED) is 0.578. The molecule has 2 aliphatic heterocycles. The van der Waals surface area contributed by atoms with Crippen LogP contribution in [0.25, 0.3) is 16.7 Å². The lowest BCUT2D eigenvalue weighted by molar-refractivity contribution is -0.161. The molecule has 0 aliphatic carbocycles. The molecule has 5 rings (SSSR count). The number of carbonyl (C=O) groups is 1. The van der Waals surface area contributed by atoms with Gasteiger partial charge in [0.2, 0.25) is 5.89 Å². The number of nitrogens with one attached hydrogen (secondary N) is 2. The number of allylic oxidation sites excluding steroid dienone is 1. The van der Waals surface area contributed by atoms with Gasteiger partial charge in [-0.05, 0) is 36.8 Å². The van der Waals surface area contributed by atoms with Crippen LogP contribution in [0.1, 0.15) is 24.3 Å². The van der Waals surface area contributed by atoms with E-state index in [4.69, 9.17) is 9.15 Å². The molecule has 3 aromatic rings. The molecule has 2 N–H and O–H groups in total. The van der Waals surface area contributed by atoms with Crippen LogP contribution in [0.3, 0.4) is 0 Å². The molecule has 1 saturated heterocycles. The van der Waals surface area contributed by atoms with Gasteiger partial charge < -0.3 is 14.5 Å². The summed E-state index contributed by atoms with van der Waals surface area (Å²) in [5, 5.41) is 3.85. The zero-order valence-corrected chi connectivity index (χ0v) is 17.4. The highest BCUT2D eigenvalue weighted by Gasteiger charge is 2.58. The highest BCUT2D eigenvalue weighted by Crippen LogP contribution is 2.43. The van der Waals surface area contributed by atoms with Crippen LogP contribution in [0, 0.1) is 5.82 Å². The van der Waals surface area contributed by atoms with Crippen LogP contribution in [0.5, 0.6) is 5.75 Å². The summed E-state index contributed by atoms with van der Waals surface area (Å²) >= 11 is 0. The Kier molecular flexibility index (Phi) is 4.82. The number of ether oxygens (including phenoxy) is 1. The Labute approximate surface area is 185 Å². The fourth-order valence-electron chi connectivity index (χ4n) is 4.38. The molecule has 3 atom stereocenters. The number of para-hydroxylation sites is 1. The average molecular weight is 462 g/mol. The number of aromatic nitrogens is 1. The minimum absolute atomic E-state index is 0.0159. The first-order valence-corrected chi connectivity index (χ1v) is 10.0. The third-order valence-corrected chi connectivity index (χ3v) is 5.83. The van der Waals surface area contributed by atoms with E-state index in [2.05, 4.69) is 15.7 Å². The van der Waals surface area contributed by atoms with Crippen LogP contribution in [-0.4, -0.2) is 41.4 Å². The maximum Gasteiger partial charge on any atom is 0.406 e. The van der Waals surface area contributed by atoms with E-state index in [-0.39, 0.29) is 22.7 Å². The zero-order chi connectivity index (χ0) is 23.5. The third kappa shape index (κ3) is 3.39. The number of methoxy groups -OCH3 is 1. The summed E-state index contributed by atoms with van der Waals surface area (Å²) < 4.78 is 66.6. The molecule has 3 unspecified atom stereocenters. The second kappa shape index (κ2) is 7.48. The van der Waals surface area contributed by atoms with E-state index in [1.807, 2.05) is 0 Å². The van der Waals surface area contributed by atoms with Gasteiger partial charge in [0.05, 0.1) is 13.0 Å². The van der Waals surface area contributed by atoms with Crippen molar-refractivity contribution in [2.24, 2.45) is 0 Å². The van der Waals surface area contributed by atoms with E-state index in [1.165, 1.54) is 19.2 Å². The number of rotatable bonds is 3. The van der Waals surface area contributed by atoms with E-state index in [0.29, 0.717) is 16.8 Å². The van der Waals surface area contributed by atoms with Crippen LogP contribution in [0.2, 0.25) is 0 Å². The Bertz CT molecular complexity index is 1290. The summed E-state index contributed by atoms with van der Waals surface area (Å²) in [6, 6.07) is 7.83. The Balaban J connectivity index is 1.59. The molecule has 7 nitrogen and oxygen atoms in total. The van der Waals surface area contributed by atoms with Gasteiger partial charge in [0, 0.05) is 5.70 Å². The van der Waals surface area contributed by atoms with Gasteiger partial charge in [0.25, 0.3) is 5.91 Å². The molecule has 2 aromatic carbocycles. The first kappa shape index (κ1) is 21.3. The van der Waals surface area contributed by atoms with Crippen molar-refractivity contribution in [2.45, 2.75) is 31.2 Å². The van der Waals surface area contributed by atoms with Crippen molar-refractivity contribution in [2.75, 3.05) is 7.11 Å². The molecule has 1 aromatic heterocycles. The molecular formula is C22H18F4N4O3. The van der Waals surface area contributed by atoms with E-state index in [0.717, 1.165) is 17.1 Å². The van der Waals surface area contributed by atoms with Crippen molar-refractivity contribution < 1.29 is 31.5 Å².